The number of benzene rings is 1. The molecule has 1 atom stereocenters. The van der Waals surface area contributed by atoms with E-state index in [0.717, 1.165) is 0 Å². The molecule has 0 heterocycles. The molecule has 3 nitrogen and oxygen atoms in total. The van der Waals surface area contributed by atoms with Crippen molar-refractivity contribution in [1.29, 1.82) is 0 Å². The second-order valence-corrected chi connectivity index (χ2v) is 6.75. The molecule has 0 aromatic heterocycles. The monoisotopic (exact) mass is 268 g/mol. The molecule has 0 fully saturated rings. The van der Waals surface area contributed by atoms with Crippen LogP contribution >= 0.6 is 0 Å². The third-order valence-electron chi connectivity index (χ3n) is 2.41. The van der Waals surface area contributed by atoms with E-state index in [2.05, 4.69) is 0 Å². The summed E-state index contributed by atoms with van der Waals surface area (Å²) in [5.41, 5.74) is 0. The van der Waals surface area contributed by atoms with Gasteiger partial charge in [-0.3, -0.25) is 0 Å². The Morgan fingerprint density at radius 1 is 1.22 bits per heavy atom. The first-order valence-corrected chi connectivity index (χ1v) is 7.51. The summed E-state index contributed by atoms with van der Waals surface area (Å²) in [4.78, 5) is 0.566. The summed E-state index contributed by atoms with van der Waals surface area (Å²) < 4.78 is 24.8. The van der Waals surface area contributed by atoms with Crippen LogP contribution in [0.2, 0.25) is 0 Å². The summed E-state index contributed by atoms with van der Waals surface area (Å²) in [6.07, 6.45) is 1.18. The maximum Gasteiger partial charge on any atom is 0.202 e. The lowest BCUT2D eigenvalue weighted by Gasteiger charge is -2.12. The molecule has 0 radical (unpaired) electrons. The fourth-order valence-corrected chi connectivity index (χ4v) is 3.41. The van der Waals surface area contributed by atoms with Gasteiger partial charge >= 0.3 is 0 Å². The zero-order valence-corrected chi connectivity index (χ0v) is 11.8. The minimum Gasteiger partial charge on any atom is -0.393 e. The first kappa shape index (κ1) is 14.9. The maximum atomic E-state index is 12.4. The first-order chi connectivity index (χ1) is 8.34. The molecule has 1 N–H and O–H groups in total. The van der Waals surface area contributed by atoms with Crippen molar-refractivity contribution in [3.8, 4) is 0 Å². The fraction of sp³-hybridized carbons (Fsp3) is 0.429. The molecular weight excluding hydrogens is 248 g/mol. The van der Waals surface area contributed by atoms with E-state index in [1.807, 2.05) is 13.8 Å². The van der Waals surface area contributed by atoms with Crippen molar-refractivity contribution in [1.82, 2.24) is 0 Å². The standard InChI is InChI=1S/C14H20O3S/c1-11(2)9-14(10-12(3)15)18(16,17)13-7-5-4-6-8-13/h4-9,11-12,15H,10H2,1-3H3/b14-9+. The summed E-state index contributed by atoms with van der Waals surface area (Å²) in [6.45, 7) is 5.43. The number of hydrogen-bond acceptors (Lipinski definition) is 3. The van der Waals surface area contributed by atoms with Crippen LogP contribution in [-0.4, -0.2) is 19.6 Å². The van der Waals surface area contributed by atoms with Gasteiger partial charge in [-0.2, -0.15) is 0 Å². The largest absolute Gasteiger partial charge is 0.393 e. The lowest BCUT2D eigenvalue weighted by Crippen LogP contribution is -2.12. The van der Waals surface area contributed by atoms with Crippen LogP contribution < -0.4 is 0 Å². The molecule has 0 spiro atoms. The van der Waals surface area contributed by atoms with Gasteiger partial charge in [0.25, 0.3) is 0 Å². The minimum atomic E-state index is -3.49. The van der Waals surface area contributed by atoms with E-state index in [4.69, 9.17) is 0 Å². The molecule has 1 rings (SSSR count). The van der Waals surface area contributed by atoms with Gasteiger partial charge in [0.05, 0.1) is 11.0 Å². The lowest BCUT2D eigenvalue weighted by molar-refractivity contribution is 0.197. The highest BCUT2D eigenvalue weighted by molar-refractivity contribution is 7.95. The average molecular weight is 268 g/mol. The Hall–Kier alpha value is -1.13. The molecule has 0 bridgehead atoms. The molecule has 0 amide bonds. The zero-order valence-electron chi connectivity index (χ0n) is 11.0. The summed E-state index contributed by atoms with van der Waals surface area (Å²) in [5, 5.41) is 9.44. The van der Waals surface area contributed by atoms with Crippen molar-refractivity contribution in [2.24, 2.45) is 5.92 Å². The van der Waals surface area contributed by atoms with Crippen LogP contribution in [0.3, 0.4) is 0 Å². The Bertz CT molecular complexity index is 499. The highest BCUT2D eigenvalue weighted by Gasteiger charge is 2.21. The number of sulfone groups is 1. The summed E-state index contributed by atoms with van der Waals surface area (Å²) >= 11 is 0. The van der Waals surface area contributed by atoms with Gasteiger partial charge in [-0.05, 0) is 25.0 Å². The van der Waals surface area contributed by atoms with Crippen LogP contribution in [0.15, 0.2) is 46.2 Å². The molecule has 1 aromatic carbocycles. The Morgan fingerprint density at radius 3 is 2.22 bits per heavy atom. The van der Waals surface area contributed by atoms with E-state index in [0.29, 0.717) is 4.91 Å². The molecule has 4 heteroatoms. The Labute approximate surface area is 109 Å². The molecule has 100 valence electrons. The van der Waals surface area contributed by atoms with Crippen molar-refractivity contribution < 1.29 is 13.5 Å². The highest BCUT2D eigenvalue weighted by Crippen LogP contribution is 2.24. The molecule has 1 unspecified atom stereocenters. The molecular formula is C14H20O3S. The molecule has 0 aliphatic rings. The van der Waals surface area contributed by atoms with Crippen molar-refractivity contribution in [3.63, 3.8) is 0 Å². The van der Waals surface area contributed by atoms with E-state index in [9.17, 15) is 13.5 Å². The Morgan fingerprint density at radius 2 is 1.78 bits per heavy atom. The maximum absolute atomic E-state index is 12.4. The molecule has 0 aliphatic heterocycles. The van der Waals surface area contributed by atoms with E-state index in [-0.39, 0.29) is 17.2 Å². The number of aliphatic hydroxyl groups is 1. The van der Waals surface area contributed by atoms with Gasteiger partial charge in [-0.15, -0.1) is 0 Å². The number of hydrogen-bond donors (Lipinski definition) is 1. The van der Waals surface area contributed by atoms with Crippen LogP contribution in [0.4, 0.5) is 0 Å². The summed E-state index contributed by atoms with van der Waals surface area (Å²) in [6, 6.07) is 8.32. The third kappa shape index (κ3) is 3.96. The fourth-order valence-electron chi connectivity index (χ4n) is 1.68. The van der Waals surface area contributed by atoms with Crippen LogP contribution in [0, 0.1) is 5.92 Å². The summed E-state index contributed by atoms with van der Waals surface area (Å²) in [5.74, 6) is 0.122. The van der Waals surface area contributed by atoms with Crippen molar-refractivity contribution >= 4 is 9.84 Å². The van der Waals surface area contributed by atoms with Gasteiger partial charge in [-0.25, -0.2) is 8.42 Å². The van der Waals surface area contributed by atoms with Gasteiger partial charge < -0.3 is 5.11 Å². The number of aliphatic hydroxyl groups excluding tert-OH is 1. The quantitative estimate of drug-likeness (QED) is 0.893. The summed E-state index contributed by atoms with van der Waals surface area (Å²) in [7, 11) is -3.49. The topological polar surface area (TPSA) is 54.4 Å². The van der Waals surface area contributed by atoms with Gasteiger partial charge in [0, 0.05) is 11.3 Å². The van der Waals surface area contributed by atoms with E-state index in [1.54, 1.807) is 43.3 Å². The molecule has 18 heavy (non-hydrogen) atoms. The predicted octanol–water partition coefficient (Wildman–Crippen LogP) is 2.77. The predicted molar refractivity (Wildman–Crippen MR) is 72.8 cm³/mol. The van der Waals surface area contributed by atoms with Crippen molar-refractivity contribution in [3.05, 3.63) is 41.3 Å². The molecule has 1 aromatic rings. The van der Waals surface area contributed by atoms with Gasteiger partial charge in [0.15, 0.2) is 0 Å². The van der Waals surface area contributed by atoms with Crippen LogP contribution in [0.1, 0.15) is 27.2 Å². The molecule has 0 saturated carbocycles. The van der Waals surface area contributed by atoms with Crippen molar-refractivity contribution in [2.45, 2.75) is 38.2 Å². The molecule has 0 aliphatic carbocycles. The zero-order chi connectivity index (χ0) is 13.8. The Balaban J connectivity index is 3.21. The third-order valence-corrected chi connectivity index (χ3v) is 4.30. The molecule has 0 saturated heterocycles. The van der Waals surface area contributed by atoms with Gasteiger partial charge in [0.1, 0.15) is 0 Å². The van der Waals surface area contributed by atoms with E-state index in [1.165, 1.54) is 0 Å². The smallest absolute Gasteiger partial charge is 0.202 e. The normalized spacial score (nSPS) is 14.8. The van der Waals surface area contributed by atoms with E-state index < -0.39 is 15.9 Å². The van der Waals surface area contributed by atoms with Gasteiger partial charge in [-0.1, -0.05) is 38.1 Å². The van der Waals surface area contributed by atoms with Crippen LogP contribution in [0.25, 0.3) is 0 Å². The lowest BCUT2D eigenvalue weighted by atomic mass is 10.1. The Kier molecular flexibility index (Phi) is 5.11. The number of allylic oxidation sites excluding steroid dienone is 1. The number of rotatable bonds is 5. The van der Waals surface area contributed by atoms with Crippen LogP contribution in [-0.2, 0) is 9.84 Å². The van der Waals surface area contributed by atoms with Gasteiger partial charge in [0.2, 0.25) is 9.84 Å². The van der Waals surface area contributed by atoms with Crippen molar-refractivity contribution in [2.75, 3.05) is 0 Å². The highest BCUT2D eigenvalue weighted by atomic mass is 32.2. The first-order valence-electron chi connectivity index (χ1n) is 6.03. The average Bonchev–Trinajstić information content (AvgIpc) is 2.28. The SMILES string of the molecule is CC(C)/C=C(\CC(C)O)S(=O)(=O)c1ccccc1. The van der Waals surface area contributed by atoms with E-state index >= 15 is 0 Å². The second-order valence-electron chi connectivity index (χ2n) is 4.75. The van der Waals surface area contributed by atoms with Crippen LogP contribution in [0.5, 0.6) is 0 Å². The second kappa shape index (κ2) is 6.16. The minimum absolute atomic E-state index is 0.122.